The molecule has 0 amide bonds. The van der Waals surface area contributed by atoms with E-state index >= 15 is 0 Å². The van der Waals surface area contributed by atoms with Crippen molar-refractivity contribution in [3.05, 3.63) is 42.4 Å². The molecule has 2 aromatic rings. The summed E-state index contributed by atoms with van der Waals surface area (Å²) in [5.74, 6) is -0.329. The number of hydrogen-bond acceptors (Lipinski definition) is 3. The molecule has 4 nitrogen and oxygen atoms in total. The number of H-pyrrole nitrogens is 1. The summed E-state index contributed by atoms with van der Waals surface area (Å²) in [6.07, 6.45) is 5.06. The van der Waals surface area contributed by atoms with Gasteiger partial charge in [-0.05, 0) is 19.1 Å². The highest BCUT2D eigenvalue weighted by atomic mass is 16.5. The summed E-state index contributed by atoms with van der Waals surface area (Å²) in [5.41, 5.74) is 2.03. The molecule has 0 atom stereocenters. The predicted molar refractivity (Wildman–Crippen MR) is 60.0 cm³/mol. The lowest BCUT2D eigenvalue weighted by molar-refractivity contribution is 0.0527. The van der Waals surface area contributed by atoms with Gasteiger partial charge in [-0.1, -0.05) is 6.07 Å². The van der Waals surface area contributed by atoms with Gasteiger partial charge in [-0.3, -0.25) is 4.98 Å². The number of pyridine rings is 1. The smallest absolute Gasteiger partial charge is 0.340 e. The molecule has 16 heavy (non-hydrogen) atoms. The fraction of sp³-hybridized carbons (Fsp3) is 0.167. The van der Waals surface area contributed by atoms with E-state index in [1.165, 1.54) is 0 Å². The molecular formula is C12H12N2O2. The van der Waals surface area contributed by atoms with Crippen LogP contribution in [0.2, 0.25) is 0 Å². The zero-order chi connectivity index (χ0) is 11.4. The maximum atomic E-state index is 11.6. The minimum Gasteiger partial charge on any atom is -0.462 e. The average molecular weight is 216 g/mol. The molecule has 2 heterocycles. The van der Waals surface area contributed by atoms with Crippen molar-refractivity contribution < 1.29 is 9.53 Å². The van der Waals surface area contributed by atoms with Crippen LogP contribution < -0.4 is 0 Å². The zero-order valence-corrected chi connectivity index (χ0v) is 8.93. The number of nitrogens with one attached hydrogen (secondary N) is 1. The number of nitrogens with zero attached hydrogens (tertiary/aromatic N) is 1. The van der Waals surface area contributed by atoms with Crippen molar-refractivity contribution in [1.82, 2.24) is 9.97 Å². The molecule has 0 spiro atoms. The van der Waals surface area contributed by atoms with Crippen LogP contribution in [0.25, 0.3) is 11.3 Å². The number of carbonyl (C=O) groups excluding carboxylic acids is 1. The molecule has 0 radical (unpaired) electrons. The molecule has 82 valence electrons. The summed E-state index contributed by atoms with van der Waals surface area (Å²) >= 11 is 0. The van der Waals surface area contributed by atoms with E-state index in [-0.39, 0.29) is 5.97 Å². The highest BCUT2D eigenvalue weighted by Crippen LogP contribution is 2.21. The molecule has 0 aliphatic rings. The molecule has 0 bridgehead atoms. The van der Waals surface area contributed by atoms with E-state index < -0.39 is 0 Å². The van der Waals surface area contributed by atoms with Gasteiger partial charge in [0.05, 0.1) is 17.9 Å². The quantitative estimate of drug-likeness (QED) is 0.800. The van der Waals surface area contributed by atoms with Gasteiger partial charge < -0.3 is 9.72 Å². The van der Waals surface area contributed by atoms with Crippen LogP contribution in [0.15, 0.2) is 36.8 Å². The number of carbonyl (C=O) groups is 1. The Kier molecular flexibility index (Phi) is 3.00. The van der Waals surface area contributed by atoms with Crippen LogP contribution >= 0.6 is 0 Å². The number of hydrogen-bond donors (Lipinski definition) is 1. The topological polar surface area (TPSA) is 55.0 Å². The van der Waals surface area contributed by atoms with E-state index in [0.717, 1.165) is 11.3 Å². The van der Waals surface area contributed by atoms with E-state index in [4.69, 9.17) is 4.74 Å². The largest absolute Gasteiger partial charge is 0.462 e. The van der Waals surface area contributed by atoms with Crippen molar-refractivity contribution in [1.29, 1.82) is 0 Å². The number of rotatable bonds is 3. The molecule has 0 saturated heterocycles. The maximum Gasteiger partial charge on any atom is 0.340 e. The molecule has 2 rings (SSSR count). The van der Waals surface area contributed by atoms with E-state index in [1.54, 1.807) is 25.5 Å². The first-order valence-electron chi connectivity index (χ1n) is 5.08. The van der Waals surface area contributed by atoms with Crippen LogP contribution in [0.1, 0.15) is 17.3 Å². The lowest BCUT2D eigenvalue weighted by Gasteiger charge is -2.02. The first kappa shape index (κ1) is 10.4. The molecule has 0 fully saturated rings. The summed E-state index contributed by atoms with van der Waals surface area (Å²) in [4.78, 5) is 18.7. The van der Waals surface area contributed by atoms with Crippen molar-refractivity contribution >= 4 is 5.97 Å². The van der Waals surface area contributed by atoms with Gasteiger partial charge in [0.25, 0.3) is 0 Å². The van der Waals surface area contributed by atoms with E-state index in [1.807, 2.05) is 18.2 Å². The van der Waals surface area contributed by atoms with Gasteiger partial charge in [-0.15, -0.1) is 0 Å². The Bertz CT molecular complexity index is 477. The lowest BCUT2D eigenvalue weighted by atomic mass is 10.1. The number of ether oxygens (including phenoxy) is 1. The molecular weight excluding hydrogens is 204 g/mol. The maximum absolute atomic E-state index is 11.6. The summed E-state index contributed by atoms with van der Waals surface area (Å²) in [6, 6.07) is 5.57. The van der Waals surface area contributed by atoms with Crippen molar-refractivity contribution in [3.63, 3.8) is 0 Å². The Labute approximate surface area is 93.3 Å². The van der Waals surface area contributed by atoms with Crippen molar-refractivity contribution in [2.24, 2.45) is 0 Å². The van der Waals surface area contributed by atoms with Crippen LogP contribution in [-0.2, 0) is 4.74 Å². The molecule has 0 aliphatic carbocycles. The fourth-order valence-electron chi connectivity index (χ4n) is 1.48. The fourth-order valence-corrected chi connectivity index (χ4v) is 1.48. The van der Waals surface area contributed by atoms with E-state index in [9.17, 15) is 4.79 Å². The molecule has 4 heteroatoms. The SMILES string of the molecule is CCOC(=O)c1c[nH]cc1-c1ccccn1. The second-order valence-electron chi connectivity index (χ2n) is 3.22. The summed E-state index contributed by atoms with van der Waals surface area (Å²) in [6.45, 7) is 2.15. The van der Waals surface area contributed by atoms with E-state index in [0.29, 0.717) is 12.2 Å². The number of aromatic amines is 1. The van der Waals surface area contributed by atoms with Crippen LogP contribution in [-0.4, -0.2) is 22.5 Å². The second-order valence-corrected chi connectivity index (χ2v) is 3.22. The second kappa shape index (κ2) is 4.61. The Morgan fingerprint density at radius 3 is 3.00 bits per heavy atom. The van der Waals surface area contributed by atoms with Gasteiger partial charge in [-0.2, -0.15) is 0 Å². The number of aromatic nitrogens is 2. The molecule has 0 aromatic carbocycles. The Balaban J connectivity index is 2.37. The third kappa shape index (κ3) is 1.95. The average Bonchev–Trinajstić information content (AvgIpc) is 2.79. The summed E-state index contributed by atoms with van der Waals surface area (Å²) in [7, 11) is 0. The number of esters is 1. The standard InChI is InChI=1S/C12H12N2O2/c1-2-16-12(15)10-8-13-7-9(10)11-5-3-4-6-14-11/h3-8,13H,2H2,1H3. The Hall–Kier alpha value is -2.10. The van der Waals surface area contributed by atoms with Crippen LogP contribution in [0.5, 0.6) is 0 Å². The van der Waals surface area contributed by atoms with Crippen molar-refractivity contribution in [3.8, 4) is 11.3 Å². The lowest BCUT2D eigenvalue weighted by Crippen LogP contribution is -2.04. The highest BCUT2D eigenvalue weighted by Gasteiger charge is 2.15. The summed E-state index contributed by atoms with van der Waals surface area (Å²) in [5, 5.41) is 0. The monoisotopic (exact) mass is 216 g/mol. The van der Waals surface area contributed by atoms with Crippen LogP contribution in [0, 0.1) is 0 Å². The normalized spacial score (nSPS) is 10.1. The van der Waals surface area contributed by atoms with Gasteiger partial charge in [-0.25, -0.2) is 4.79 Å². The minimum absolute atomic E-state index is 0.329. The van der Waals surface area contributed by atoms with Crippen LogP contribution in [0.4, 0.5) is 0 Å². The molecule has 2 aromatic heterocycles. The highest BCUT2D eigenvalue weighted by molar-refractivity contribution is 5.96. The predicted octanol–water partition coefficient (Wildman–Crippen LogP) is 2.25. The zero-order valence-electron chi connectivity index (χ0n) is 8.93. The van der Waals surface area contributed by atoms with Gasteiger partial charge in [0.15, 0.2) is 0 Å². The van der Waals surface area contributed by atoms with Crippen molar-refractivity contribution in [2.45, 2.75) is 6.92 Å². The Morgan fingerprint density at radius 1 is 1.44 bits per heavy atom. The molecule has 1 N–H and O–H groups in total. The first-order chi connectivity index (χ1) is 7.83. The minimum atomic E-state index is -0.329. The first-order valence-corrected chi connectivity index (χ1v) is 5.08. The molecule has 0 aliphatic heterocycles. The Morgan fingerprint density at radius 2 is 2.31 bits per heavy atom. The van der Waals surface area contributed by atoms with Crippen LogP contribution in [0.3, 0.4) is 0 Å². The third-order valence-electron chi connectivity index (χ3n) is 2.18. The summed E-state index contributed by atoms with van der Waals surface area (Å²) < 4.78 is 4.96. The van der Waals surface area contributed by atoms with E-state index in [2.05, 4.69) is 9.97 Å². The van der Waals surface area contributed by atoms with Gasteiger partial charge >= 0.3 is 5.97 Å². The van der Waals surface area contributed by atoms with Gasteiger partial charge in [0, 0.05) is 24.2 Å². The van der Waals surface area contributed by atoms with Crippen molar-refractivity contribution in [2.75, 3.05) is 6.61 Å². The molecule has 0 unspecified atom stereocenters. The third-order valence-corrected chi connectivity index (χ3v) is 2.18. The molecule has 0 saturated carbocycles. The van der Waals surface area contributed by atoms with Gasteiger partial charge in [0.2, 0.25) is 0 Å². The van der Waals surface area contributed by atoms with Gasteiger partial charge in [0.1, 0.15) is 0 Å².